The number of unbranched alkanes of at least 4 members (excludes halogenated alkanes) is 1. The summed E-state index contributed by atoms with van der Waals surface area (Å²) in [6, 6.07) is 9.77. The SMILES string of the molecule is CCCCc1ccc[c]c1CC(C)C. The van der Waals surface area contributed by atoms with Gasteiger partial charge in [-0.25, -0.2) is 0 Å². The van der Waals surface area contributed by atoms with Gasteiger partial charge in [0.15, 0.2) is 0 Å². The van der Waals surface area contributed by atoms with Gasteiger partial charge in [0.05, 0.1) is 0 Å². The van der Waals surface area contributed by atoms with Gasteiger partial charge in [0.25, 0.3) is 0 Å². The second-order valence-electron chi connectivity index (χ2n) is 4.38. The Labute approximate surface area is 88.4 Å². The van der Waals surface area contributed by atoms with Gasteiger partial charge in [-0.15, -0.1) is 0 Å². The molecule has 0 unspecified atom stereocenters. The van der Waals surface area contributed by atoms with Crippen molar-refractivity contribution in [3.63, 3.8) is 0 Å². The molecule has 1 aromatic carbocycles. The van der Waals surface area contributed by atoms with E-state index in [1.807, 2.05) is 6.07 Å². The standard InChI is InChI=1S/C14H21/c1-4-5-8-13-9-6-7-10-14(13)11-12(2)3/h6-7,9,12H,4-5,8,11H2,1-3H3. The summed E-state index contributed by atoms with van der Waals surface area (Å²) >= 11 is 0. The molecule has 77 valence electrons. The summed E-state index contributed by atoms with van der Waals surface area (Å²) in [4.78, 5) is 0. The van der Waals surface area contributed by atoms with E-state index < -0.39 is 0 Å². The van der Waals surface area contributed by atoms with Gasteiger partial charge in [-0.3, -0.25) is 0 Å². The maximum atomic E-state index is 3.38. The van der Waals surface area contributed by atoms with E-state index in [0.29, 0.717) is 0 Å². The molecule has 1 rings (SSSR count). The van der Waals surface area contributed by atoms with E-state index in [1.165, 1.54) is 36.8 Å². The van der Waals surface area contributed by atoms with Gasteiger partial charge in [0, 0.05) is 0 Å². The summed E-state index contributed by atoms with van der Waals surface area (Å²) in [6.07, 6.45) is 4.95. The second kappa shape index (κ2) is 5.85. The molecule has 0 saturated carbocycles. The van der Waals surface area contributed by atoms with E-state index in [2.05, 4.69) is 39.0 Å². The Hall–Kier alpha value is -0.780. The first-order valence-electron chi connectivity index (χ1n) is 5.72. The van der Waals surface area contributed by atoms with Crippen LogP contribution in [0.5, 0.6) is 0 Å². The van der Waals surface area contributed by atoms with Crippen LogP contribution >= 0.6 is 0 Å². The van der Waals surface area contributed by atoms with Crippen molar-refractivity contribution in [1.29, 1.82) is 0 Å². The van der Waals surface area contributed by atoms with E-state index in [4.69, 9.17) is 0 Å². The normalized spacial score (nSPS) is 10.9. The Morgan fingerprint density at radius 3 is 2.79 bits per heavy atom. The first-order chi connectivity index (χ1) is 6.74. The minimum absolute atomic E-state index is 0.731. The molecule has 0 aliphatic carbocycles. The zero-order valence-corrected chi connectivity index (χ0v) is 9.64. The Kier molecular flexibility index (Phi) is 4.72. The zero-order chi connectivity index (χ0) is 10.4. The van der Waals surface area contributed by atoms with Crippen molar-refractivity contribution in [2.24, 2.45) is 5.92 Å². The molecule has 0 aliphatic heterocycles. The topological polar surface area (TPSA) is 0 Å². The maximum absolute atomic E-state index is 3.38. The van der Waals surface area contributed by atoms with Crippen LogP contribution in [-0.4, -0.2) is 0 Å². The van der Waals surface area contributed by atoms with Crippen molar-refractivity contribution >= 4 is 0 Å². The van der Waals surface area contributed by atoms with Crippen LogP contribution < -0.4 is 0 Å². The Morgan fingerprint density at radius 2 is 2.14 bits per heavy atom. The highest BCUT2D eigenvalue weighted by molar-refractivity contribution is 5.26. The molecular formula is C14H21. The predicted octanol–water partition coefficient (Wildman–Crippen LogP) is 4.03. The average Bonchev–Trinajstić information content (AvgIpc) is 2.16. The molecule has 14 heavy (non-hydrogen) atoms. The summed E-state index contributed by atoms with van der Waals surface area (Å²) in [7, 11) is 0. The number of hydrogen-bond acceptors (Lipinski definition) is 0. The number of hydrogen-bond donors (Lipinski definition) is 0. The fourth-order valence-corrected chi connectivity index (χ4v) is 1.71. The fourth-order valence-electron chi connectivity index (χ4n) is 1.71. The third kappa shape index (κ3) is 3.53. The van der Waals surface area contributed by atoms with E-state index in [9.17, 15) is 0 Å². The minimum Gasteiger partial charge on any atom is -0.0654 e. The monoisotopic (exact) mass is 189 g/mol. The molecule has 0 saturated heterocycles. The molecule has 0 fully saturated rings. The lowest BCUT2D eigenvalue weighted by Gasteiger charge is -2.10. The molecule has 0 heteroatoms. The number of aryl methyl sites for hydroxylation is 1. The van der Waals surface area contributed by atoms with Crippen LogP contribution in [0.15, 0.2) is 18.2 Å². The van der Waals surface area contributed by atoms with Gasteiger partial charge in [-0.1, -0.05) is 45.4 Å². The highest BCUT2D eigenvalue weighted by Crippen LogP contribution is 2.15. The van der Waals surface area contributed by atoms with E-state index >= 15 is 0 Å². The number of rotatable bonds is 5. The van der Waals surface area contributed by atoms with Crippen molar-refractivity contribution < 1.29 is 0 Å². The van der Waals surface area contributed by atoms with Crippen LogP contribution in [0.2, 0.25) is 0 Å². The predicted molar refractivity (Wildman–Crippen MR) is 62.4 cm³/mol. The third-order valence-electron chi connectivity index (χ3n) is 2.45. The van der Waals surface area contributed by atoms with Crippen LogP contribution in [0.3, 0.4) is 0 Å². The average molecular weight is 189 g/mol. The fraction of sp³-hybridized carbons (Fsp3) is 0.571. The van der Waals surface area contributed by atoms with Crippen molar-refractivity contribution in [2.75, 3.05) is 0 Å². The Balaban J connectivity index is 2.69. The molecule has 1 radical (unpaired) electrons. The molecule has 0 nitrogen and oxygen atoms in total. The zero-order valence-electron chi connectivity index (χ0n) is 9.64. The van der Waals surface area contributed by atoms with E-state index in [1.54, 1.807) is 0 Å². The van der Waals surface area contributed by atoms with Crippen molar-refractivity contribution in [3.05, 3.63) is 35.4 Å². The van der Waals surface area contributed by atoms with E-state index in [-0.39, 0.29) is 0 Å². The van der Waals surface area contributed by atoms with Gasteiger partial charge in [-0.2, -0.15) is 0 Å². The van der Waals surface area contributed by atoms with Crippen LogP contribution in [0.1, 0.15) is 44.7 Å². The highest BCUT2D eigenvalue weighted by Gasteiger charge is 2.03. The molecule has 0 amide bonds. The molecule has 0 N–H and O–H groups in total. The van der Waals surface area contributed by atoms with E-state index in [0.717, 1.165) is 5.92 Å². The summed E-state index contributed by atoms with van der Waals surface area (Å²) in [5.74, 6) is 0.731. The lowest BCUT2D eigenvalue weighted by atomic mass is 9.95. The molecular weight excluding hydrogens is 168 g/mol. The van der Waals surface area contributed by atoms with Crippen molar-refractivity contribution in [3.8, 4) is 0 Å². The highest BCUT2D eigenvalue weighted by atomic mass is 14.1. The van der Waals surface area contributed by atoms with Crippen LogP contribution in [0, 0.1) is 12.0 Å². The van der Waals surface area contributed by atoms with Gasteiger partial charge >= 0.3 is 0 Å². The van der Waals surface area contributed by atoms with Gasteiger partial charge in [-0.05, 0) is 42.4 Å². The number of benzene rings is 1. The lowest BCUT2D eigenvalue weighted by Crippen LogP contribution is -1.99. The first-order valence-corrected chi connectivity index (χ1v) is 5.72. The van der Waals surface area contributed by atoms with Crippen LogP contribution in [0.4, 0.5) is 0 Å². The van der Waals surface area contributed by atoms with Crippen LogP contribution in [-0.2, 0) is 12.8 Å². The largest absolute Gasteiger partial charge is 0.0654 e. The van der Waals surface area contributed by atoms with Crippen molar-refractivity contribution in [2.45, 2.75) is 46.5 Å². The van der Waals surface area contributed by atoms with Gasteiger partial charge in [0.2, 0.25) is 0 Å². The maximum Gasteiger partial charge on any atom is -0.0146 e. The summed E-state index contributed by atoms with van der Waals surface area (Å²) < 4.78 is 0. The van der Waals surface area contributed by atoms with Crippen molar-refractivity contribution in [1.82, 2.24) is 0 Å². The molecule has 0 heterocycles. The molecule has 0 aliphatic rings. The smallest absolute Gasteiger partial charge is 0.0146 e. The Morgan fingerprint density at radius 1 is 1.36 bits per heavy atom. The molecule has 0 aromatic heterocycles. The summed E-state index contributed by atoms with van der Waals surface area (Å²) in [6.45, 7) is 6.78. The second-order valence-corrected chi connectivity index (χ2v) is 4.38. The molecule has 0 bridgehead atoms. The minimum atomic E-state index is 0.731. The first kappa shape index (κ1) is 11.3. The Bertz CT molecular complexity index is 260. The molecule has 0 atom stereocenters. The van der Waals surface area contributed by atoms with Gasteiger partial charge < -0.3 is 0 Å². The summed E-state index contributed by atoms with van der Waals surface area (Å²) in [5, 5.41) is 0. The van der Waals surface area contributed by atoms with Crippen LogP contribution in [0.25, 0.3) is 0 Å². The quantitative estimate of drug-likeness (QED) is 0.656. The summed E-state index contributed by atoms with van der Waals surface area (Å²) in [5.41, 5.74) is 2.93. The third-order valence-corrected chi connectivity index (χ3v) is 2.45. The lowest BCUT2D eigenvalue weighted by molar-refractivity contribution is 0.639. The molecule has 0 spiro atoms. The molecule has 1 aromatic rings. The van der Waals surface area contributed by atoms with Gasteiger partial charge in [0.1, 0.15) is 0 Å².